The largest absolute Gasteiger partial charge is 0.392 e. The van der Waals surface area contributed by atoms with Crippen LogP contribution in [0.15, 0.2) is 18.2 Å². The number of nitrogens with one attached hydrogen (secondary N) is 1. The zero-order valence-corrected chi connectivity index (χ0v) is 13.2. The summed E-state index contributed by atoms with van der Waals surface area (Å²) in [6.45, 7) is 4.50. The van der Waals surface area contributed by atoms with Crippen molar-refractivity contribution in [2.24, 2.45) is 0 Å². The van der Waals surface area contributed by atoms with Crippen LogP contribution in [0.25, 0.3) is 0 Å². The van der Waals surface area contributed by atoms with E-state index in [0.29, 0.717) is 6.54 Å². The number of nitrogens with zero attached hydrogens (tertiary/aromatic N) is 3. The minimum absolute atomic E-state index is 0.0727. The first-order valence-corrected chi connectivity index (χ1v) is 7.89. The van der Waals surface area contributed by atoms with Crippen LogP contribution in [-0.2, 0) is 0 Å². The first kappa shape index (κ1) is 17.2. The second-order valence-corrected chi connectivity index (χ2v) is 5.88. The predicted molar refractivity (Wildman–Crippen MR) is 87.2 cm³/mol. The standard InChI is InChI=1S/C16H22N4O3/c1-2-15(21)11-19-7-5-13(6-8-19)18-14-3-4-16(20(22)23)12(9-14)10-17/h3-4,9,13,15,18,21H,2,5-8,11H2,1H3/t15-/m1/s1. The molecule has 0 unspecified atom stereocenters. The van der Waals surface area contributed by atoms with Gasteiger partial charge in [0.15, 0.2) is 0 Å². The summed E-state index contributed by atoms with van der Waals surface area (Å²) >= 11 is 0. The number of hydrogen-bond donors (Lipinski definition) is 2. The second kappa shape index (κ2) is 7.90. The maximum atomic E-state index is 10.8. The molecule has 0 radical (unpaired) electrons. The van der Waals surface area contributed by atoms with E-state index in [9.17, 15) is 15.2 Å². The number of rotatable bonds is 6. The Hall–Kier alpha value is -2.17. The van der Waals surface area contributed by atoms with Gasteiger partial charge in [-0.2, -0.15) is 5.26 Å². The fourth-order valence-corrected chi connectivity index (χ4v) is 2.80. The molecular formula is C16H22N4O3. The smallest absolute Gasteiger partial charge is 0.287 e. The molecule has 1 aliphatic heterocycles. The van der Waals surface area contributed by atoms with E-state index in [0.717, 1.165) is 38.0 Å². The third-order valence-electron chi connectivity index (χ3n) is 4.21. The van der Waals surface area contributed by atoms with Gasteiger partial charge in [-0.25, -0.2) is 0 Å². The van der Waals surface area contributed by atoms with Crippen LogP contribution in [0.3, 0.4) is 0 Å². The number of nitriles is 1. The highest BCUT2D eigenvalue weighted by molar-refractivity contribution is 5.59. The lowest BCUT2D eigenvalue weighted by molar-refractivity contribution is -0.385. The number of likely N-dealkylation sites (tertiary alicyclic amines) is 1. The Bertz CT molecular complexity index is 591. The number of nitro groups is 1. The molecule has 1 aliphatic rings. The molecule has 1 saturated heterocycles. The molecule has 1 fully saturated rings. The Morgan fingerprint density at radius 2 is 2.22 bits per heavy atom. The number of piperidine rings is 1. The Kier molecular flexibility index (Phi) is 5.90. The van der Waals surface area contributed by atoms with Crippen LogP contribution in [0.5, 0.6) is 0 Å². The molecule has 23 heavy (non-hydrogen) atoms. The van der Waals surface area contributed by atoms with E-state index in [-0.39, 0.29) is 23.4 Å². The summed E-state index contributed by atoms with van der Waals surface area (Å²) in [6, 6.07) is 6.69. The molecule has 0 amide bonds. The van der Waals surface area contributed by atoms with Gasteiger partial charge in [0.2, 0.25) is 0 Å². The summed E-state index contributed by atoms with van der Waals surface area (Å²) < 4.78 is 0. The zero-order chi connectivity index (χ0) is 16.8. The van der Waals surface area contributed by atoms with Gasteiger partial charge in [0.25, 0.3) is 5.69 Å². The molecule has 1 heterocycles. The van der Waals surface area contributed by atoms with E-state index in [1.54, 1.807) is 6.07 Å². The molecule has 1 aromatic rings. The van der Waals surface area contributed by atoms with Gasteiger partial charge in [-0.1, -0.05) is 6.92 Å². The molecule has 0 bridgehead atoms. The Labute approximate surface area is 135 Å². The molecule has 0 aromatic heterocycles. The minimum Gasteiger partial charge on any atom is -0.392 e. The quantitative estimate of drug-likeness (QED) is 0.615. The summed E-state index contributed by atoms with van der Waals surface area (Å²) in [5.41, 5.74) is 0.643. The number of aliphatic hydroxyl groups is 1. The van der Waals surface area contributed by atoms with Gasteiger partial charge in [-0.15, -0.1) is 0 Å². The maximum absolute atomic E-state index is 10.8. The van der Waals surface area contributed by atoms with E-state index in [1.807, 2.05) is 13.0 Å². The minimum atomic E-state index is -0.542. The lowest BCUT2D eigenvalue weighted by atomic mass is 10.0. The molecule has 0 spiro atoms. The van der Waals surface area contributed by atoms with Crippen LogP contribution in [0.2, 0.25) is 0 Å². The summed E-state index contributed by atoms with van der Waals surface area (Å²) in [5, 5.41) is 32.9. The maximum Gasteiger partial charge on any atom is 0.287 e. The highest BCUT2D eigenvalue weighted by atomic mass is 16.6. The molecule has 2 rings (SSSR count). The van der Waals surface area contributed by atoms with Crippen molar-refractivity contribution >= 4 is 11.4 Å². The van der Waals surface area contributed by atoms with E-state index >= 15 is 0 Å². The molecular weight excluding hydrogens is 296 g/mol. The van der Waals surface area contributed by atoms with Crippen molar-refractivity contribution in [2.45, 2.75) is 38.3 Å². The fraction of sp³-hybridized carbons (Fsp3) is 0.562. The molecule has 0 saturated carbocycles. The number of anilines is 1. The Morgan fingerprint density at radius 1 is 1.52 bits per heavy atom. The van der Waals surface area contributed by atoms with Crippen LogP contribution in [0, 0.1) is 21.4 Å². The SMILES string of the molecule is CC[C@@H](O)CN1CCC(Nc2ccc([N+](=O)[O-])c(C#N)c2)CC1. The number of nitro benzene ring substituents is 1. The van der Waals surface area contributed by atoms with Crippen molar-refractivity contribution < 1.29 is 10.0 Å². The summed E-state index contributed by atoms with van der Waals surface area (Å²) in [6.07, 6.45) is 2.37. The van der Waals surface area contributed by atoms with Gasteiger partial charge >= 0.3 is 0 Å². The summed E-state index contributed by atoms with van der Waals surface area (Å²) in [4.78, 5) is 12.6. The number of aliphatic hydroxyl groups excluding tert-OH is 1. The highest BCUT2D eigenvalue weighted by Crippen LogP contribution is 2.24. The Morgan fingerprint density at radius 3 is 2.78 bits per heavy atom. The van der Waals surface area contributed by atoms with Gasteiger partial charge in [0.1, 0.15) is 11.6 Å². The normalized spacial score (nSPS) is 17.4. The van der Waals surface area contributed by atoms with Crippen LogP contribution in [0.4, 0.5) is 11.4 Å². The fourth-order valence-electron chi connectivity index (χ4n) is 2.80. The highest BCUT2D eigenvalue weighted by Gasteiger charge is 2.21. The molecule has 1 atom stereocenters. The van der Waals surface area contributed by atoms with Crippen LogP contribution in [-0.4, -0.2) is 46.7 Å². The third-order valence-corrected chi connectivity index (χ3v) is 4.21. The number of β-amino-alcohol motifs (C(OH)–C–C–N with tert-alkyl or cyclic N) is 1. The summed E-state index contributed by atoms with van der Waals surface area (Å²) in [7, 11) is 0. The lowest BCUT2D eigenvalue weighted by Gasteiger charge is -2.33. The van der Waals surface area contributed by atoms with Crippen molar-refractivity contribution in [3.05, 3.63) is 33.9 Å². The van der Waals surface area contributed by atoms with Crippen molar-refractivity contribution in [1.29, 1.82) is 5.26 Å². The third kappa shape index (κ3) is 4.65. The number of hydrogen-bond acceptors (Lipinski definition) is 6. The van der Waals surface area contributed by atoms with Gasteiger partial charge in [-0.3, -0.25) is 10.1 Å². The average Bonchev–Trinajstić information content (AvgIpc) is 2.56. The van der Waals surface area contributed by atoms with E-state index in [1.165, 1.54) is 12.1 Å². The Balaban J connectivity index is 1.92. The first-order chi connectivity index (χ1) is 11.0. The molecule has 7 heteroatoms. The second-order valence-electron chi connectivity index (χ2n) is 5.88. The van der Waals surface area contributed by atoms with Crippen molar-refractivity contribution in [3.8, 4) is 6.07 Å². The van der Waals surface area contributed by atoms with E-state index < -0.39 is 4.92 Å². The molecule has 0 aliphatic carbocycles. The van der Waals surface area contributed by atoms with E-state index in [2.05, 4.69) is 10.2 Å². The predicted octanol–water partition coefficient (Wildman–Crippen LogP) is 2.11. The summed E-state index contributed by atoms with van der Waals surface area (Å²) in [5.74, 6) is 0. The molecule has 1 aromatic carbocycles. The van der Waals surface area contributed by atoms with Gasteiger partial charge < -0.3 is 15.3 Å². The number of benzene rings is 1. The average molecular weight is 318 g/mol. The van der Waals surface area contributed by atoms with Gasteiger partial charge in [0.05, 0.1) is 11.0 Å². The van der Waals surface area contributed by atoms with Crippen molar-refractivity contribution in [1.82, 2.24) is 4.90 Å². The van der Waals surface area contributed by atoms with Crippen molar-refractivity contribution in [2.75, 3.05) is 25.0 Å². The van der Waals surface area contributed by atoms with Crippen molar-refractivity contribution in [3.63, 3.8) is 0 Å². The van der Waals surface area contributed by atoms with Crippen LogP contribution in [0.1, 0.15) is 31.7 Å². The van der Waals surface area contributed by atoms with Gasteiger partial charge in [-0.05, 0) is 31.4 Å². The molecule has 7 nitrogen and oxygen atoms in total. The van der Waals surface area contributed by atoms with E-state index in [4.69, 9.17) is 5.26 Å². The molecule has 2 N–H and O–H groups in total. The van der Waals surface area contributed by atoms with Crippen LogP contribution >= 0.6 is 0 Å². The van der Waals surface area contributed by atoms with Crippen LogP contribution < -0.4 is 5.32 Å². The first-order valence-electron chi connectivity index (χ1n) is 7.89. The molecule has 124 valence electrons. The topological polar surface area (TPSA) is 102 Å². The lowest BCUT2D eigenvalue weighted by Crippen LogP contribution is -2.42. The van der Waals surface area contributed by atoms with Gasteiger partial charge in [0, 0.05) is 37.4 Å². The monoisotopic (exact) mass is 318 g/mol. The zero-order valence-electron chi connectivity index (χ0n) is 13.2.